The summed E-state index contributed by atoms with van der Waals surface area (Å²) in [4.78, 5) is 8.78. The smallest absolute Gasteiger partial charge is 0.132 e. The fourth-order valence-electron chi connectivity index (χ4n) is 1.70. The Morgan fingerprint density at radius 2 is 1.95 bits per heavy atom. The van der Waals surface area contributed by atoms with E-state index in [4.69, 9.17) is 0 Å². The molecule has 0 unspecified atom stereocenters. The number of aromatic nitrogens is 2. The lowest BCUT2D eigenvalue weighted by atomic mass is 10.2. The summed E-state index contributed by atoms with van der Waals surface area (Å²) in [5.74, 6) is 1.92. The number of rotatable bonds is 5. The van der Waals surface area contributed by atoms with Crippen molar-refractivity contribution in [1.29, 1.82) is 0 Å². The van der Waals surface area contributed by atoms with E-state index in [1.165, 1.54) is 0 Å². The third-order valence-electron chi connectivity index (χ3n) is 2.62. The van der Waals surface area contributed by atoms with E-state index in [-0.39, 0.29) is 5.75 Å². The Labute approximate surface area is 121 Å². The number of halogens is 1. The van der Waals surface area contributed by atoms with Crippen molar-refractivity contribution in [2.45, 2.75) is 26.3 Å². The highest BCUT2D eigenvalue weighted by atomic mass is 79.9. The third kappa shape index (κ3) is 4.21. The maximum Gasteiger partial charge on any atom is 0.132 e. The molecule has 2 N–H and O–H groups in total. The molecule has 19 heavy (non-hydrogen) atoms. The fraction of sp³-hybridized carbons (Fsp3) is 0.286. The Morgan fingerprint density at radius 3 is 2.63 bits per heavy atom. The van der Waals surface area contributed by atoms with Gasteiger partial charge in [-0.05, 0) is 40.0 Å². The summed E-state index contributed by atoms with van der Waals surface area (Å²) in [6, 6.07) is 8.97. The number of phenols is 1. The SMILES string of the molecule is CCCc1nc(Br)cc(NCc2ccc(O)cc2)n1. The second-order valence-electron chi connectivity index (χ2n) is 4.26. The number of anilines is 1. The van der Waals surface area contributed by atoms with Gasteiger partial charge in [-0.3, -0.25) is 0 Å². The molecule has 0 spiro atoms. The van der Waals surface area contributed by atoms with Crippen LogP contribution in [-0.4, -0.2) is 15.1 Å². The summed E-state index contributed by atoms with van der Waals surface area (Å²) in [5.41, 5.74) is 1.09. The van der Waals surface area contributed by atoms with Crippen LogP contribution in [-0.2, 0) is 13.0 Å². The fourth-order valence-corrected chi connectivity index (χ4v) is 2.12. The Morgan fingerprint density at radius 1 is 1.21 bits per heavy atom. The highest BCUT2D eigenvalue weighted by Gasteiger charge is 2.02. The van der Waals surface area contributed by atoms with Gasteiger partial charge in [0.1, 0.15) is 22.0 Å². The lowest BCUT2D eigenvalue weighted by molar-refractivity contribution is 0.475. The molecule has 0 bridgehead atoms. The van der Waals surface area contributed by atoms with Gasteiger partial charge in [0.2, 0.25) is 0 Å². The molecule has 1 aromatic carbocycles. The topological polar surface area (TPSA) is 58.0 Å². The van der Waals surface area contributed by atoms with Crippen molar-refractivity contribution in [3.05, 3.63) is 46.3 Å². The number of aryl methyl sites for hydroxylation is 1. The van der Waals surface area contributed by atoms with E-state index < -0.39 is 0 Å². The van der Waals surface area contributed by atoms with Gasteiger partial charge in [0, 0.05) is 19.0 Å². The molecule has 4 nitrogen and oxygen atoms in total. The van der Waals surface area contributed by atoms with Gasteiger partial charge in [0.15, 0.2) is 0 Å². The van der Waals surface area contributed by atoms with E-state index in [0.29, 0.717) is 6.54 Å². The minimum atomic E-state index is 0.277. The first-order valence-electron chi connectivity index (χ1n) is 6.22. The number of nitrogens with zero attached hydrogens (tertiary/aromatic N) is 2. The van der Waals surface area contributed by atoms with E-state index in [1.807, 2.05) is 18.2 Å². The van der Waals surface area contributed by atoms with Crippen LogP contribution in [0.5, 0.6) is 5.75 Å². The Kier molecular flexibility index (Phi) is 4.74. The molecule has 2 rings (SSSR count). The van der Waals surface area contributed by atoms with Gasteiger partial charge in [-0.2, -0.15) is 0 Å². The zero-order valence-electron chi connectivity index (χ0n) is 10.7. The molecule has 100 valence electrons. The lowest BCUT2D eigenvalue weighted by Gasteiger charge is -2.08. The van der Waals surface area contributed by atoms with E-state index in [0.717, 1.165) is 34.7 Å². The highest BCUT2D eigenvalue weighted by Crippen LogP contribution is 2.15. The van der Waals surface area contributed by atoms with Crippen LogP contribution in [0.4, 0.5) is 5.82 Å². The molecule has 0 aliphatic carbocycles. The minimum Gasteiger partial charge on any atom is -0.508 e. The quantitative estimate of drug-likeness (QED) is 0.827. The van der Waals surface area contributed by atoms with E-state index in [2.05, 4.69) is 38.1 Å². The molecule has 0 fully saturated rings. The van der Waals surface area contributed by atoms with Crippen LogP contribution in [0.1, 0.15) is 24.7 Å². The standard InChI is InChI=1S/C14H16BrN3O/c1-2-3-13-17-12(15)8-14(18-13)16-9-10-4-6-11(19)7-5-10/h4-8,19H,2-3,9H2,1H3,(H,16,17,18). The summed E-state index contributed by atoms with van der Waals surface area (Å²) in [5, 5.41) is 12.5. The molecule has 0 amide bonds. The third-order valence-corrected chi connectivity index (χ3v) is 3.03. The van der Waals surface area contributed by atoms with Crippen molar-refractivity contribution < 1.29 is 5.11 Å². The van der Waals surface area contributed by atoms with E-state index >= 15 is 0 Å². The maximum atomic E-state index is 9.23. The number of hydrogen-bond donors (Lipinski definition) is 2. The van der Waals surface area contributed by atoms with Crippen molar-refractivity contribution in [3.63, 3.8) is 0 Å². The zero-order chi connectivity index (χ0) is 13.7. The maximum absolute atomic E-state index is 9.23. The van der Waals surface area contributed by atoms with Crippen LogP contribution in [0.15, 0.2) is 34.9 Å². The Bertz CT molecular complexity index is 543. The number of benzene rings is 1. The second kappa shape index (κ2) is 6.52. The Balaban J connectivity index is 2.04. The molecular weight excluding hydrogens is 306 g/mol. The molecule has 0 aliphatic heterocycles. The van der Waals surface area contributed by atoms with Crippen molar-refractivity contribution >= 4 is 21.7 Å². The van der Waals surface area contributed by atoms with Crippen LogP contribution >= 0.6 is 15.9 Å². The van der Waals surface area contributed by atoms with Gasteiger partial charge in [-0.1, -0.05) is 19.1 Å². The molecular formula is C14H16BrN3O. The van der Waals surface area contributed by atoms with Crippen LogP contribution in [0, 0.1) is 0 Å². The first-order chi connectivity index (χ1) is 9.17. The monoisotopic (exact) mass is 321 g/mol. The normalized spacial score (nSPS) is 10.4. The van der Waals surface area contributed by atoms with Crippen LogP contribution in [0.3, 0.4) is 0 Å². The van der Waals surface area contributed by atoms with Gasteiger partial charge < -0.3 is 10.4 Å². The van der Waals surface area contributed by atoms with Crippen molar-refractivity contribution in [1.82, 2.24) is 9.97 Å². The summed E-state index contributed by atoms with van der Waals surface area (Å²) < 4.78 is 0.791. The molecule has 1 aromatic heterocycles. The first-order valence-corrected chi connectivity index (χ1v) is 7.02. The lowest BCUT2D eigenvalue weighted by Crippen LogP contribution is -2.04. The van der Waals surface area contributed by atoms with Gasteiger partial charge in [-0.15, -0.1) is 0 Å². The van der Waals surface area contributed by atoms with Crippen LogP contribution in [0.25, 0.3) is 0 Å². The number of hydrogen-bond acceptors (Lipinski definition) is 4. The van der Waals surface area contributed by atoms with Crippen molar-refractivity contribution in [2.75, 3.05) is 5.32 Å². The number of nitrogens with one attached hydrogen (secondary N) is 1. The molecule has 0 aliphatic rings. The predicted molar refractivity (Wildman–Crippen MR) is 79.2 cm³/mol. The minimum absolute atomic E-state index is 0.277. The average molecular weight is 322 g/mol. The first kappa shape index (κ1) is 13.8. The highest BCUT2D eigenvalue weighted by molar-refractivity contribution is 9.10. The van der Waals surface area contributed by atoms with Crippen LogP contribution < -0.4 is 5.32 Å². The largest absolute Gasteiger partial charge is 0.508 e. The van der Waals surface area contributed by atoms with Crippen LogP contribution in [0.2, 0.25) is 0 Å². The molecule has 0 radical (unpaired) electrons. The van der Waals surface area contributed by atoms with Gasteiger partial charge in [0.05, 0.1) is 0 Å². The number of phenolic OH excluding ortho intramolecular Hbond substituents is 1. The molecule has 2 aromatic rings. The van der Waals surface area contributed by atoms with Gasteiger partial charge >= 0.3 is 0 Å². The summed E-state index contributed by atoms with van der Waals surface area (Å²) in [6.07, 6.45) is 1.89. The van der Waals surface area contributed by atoms with Gasteiger partial charge in [0.25, 0.3) is 0 Å². The zero-order valence-corrected chi connectivity index (χ0v) is 12.3. The average Bonchev–Trinajstić information content (AvgIpc) is 2.38. The predicted octanol–water partition coefficient (Wildman–Crippen LogP) is 3.51. The summed E-state index contributed by atoms with van der Waals surface area (Å²) >= 11 is 3.39. The van der Waals surface area contributed by atoms with E-state index in [1.54, 1.807) is 12.1 Å². The number of aromatic hydroxyl groups is 1. The van der Waals surface area contributed by atoms with Crippen molar-refractivity contribution in [2.24, 2.45) is 0 Å². The summed E-state index contributed by atoms with van der Waals surface area (Å²) in [7, 11) is 0. The second-order valence-corrected chi connectivity index (χ2v) is 5.07. The molecule has 0 saturated carbocycles. The van der Waals surface area contributed by atoms with Crippen molar-refractivity contribution in [3.8, 4) is 5.75 Å². The molecule has 0 atom stereocenters. The molecule has 1 heterocycles. The molecule has 5 heteroatoms. The van der Waals surface area contributed by atoms with Gasteiger partial charge in [-0.25, -0.2) is 9.97 Å². The Hall–Kier alpha value is -1.62. The summed E-state index contributed by atoms with van der Waals surface area (Å²) in [6.45, 7) is 2.77. The van der Waals surface area contributed by atoms with E-state index in [9.17, 15) is 5.11 Å². The molecule has 0 saturated heterocycles.